The Hall–Kier alpha value is -3.24. The first-order chi connectivity index (χ1) is 16.2. The third kappa shape index (κ3) is 6.17. The lowest BCUT2D eigenvalue weighted by molar-refractivity contribution is 0.122. The van der Waals surface area contributed by atoms with E-state index < -0.39 is 0 Å². The molecule has 3 heterocycles. The highest BCUT2D eigenvalue weighted by molar-refractivity contribution is 7.07. The zero-order valence-electron chi connectivity index (χ0n) is 18.7. The molecule has 4 rings (SSSR count). The van der Waals surface area contributed by atoms with E-state index in [1.54, 1.807) is 29.8 Å². The second-order valence-corrected chi connectivity index (χ2v) is 8.34. The third-order valence-corrected chi connectivity index (χ3v) is 6.13. The van der Waals surface area contributed by atoms with Crippen LogP contribution >= 0.6 is 11.3 Å². The van der Waals surface area contributed by atoms with E-state index in [2.05, 4.69) is 64.7 Å². The Morgan fingerprint density at radius 1 is 1.15 bits per heavy atom. The molecule has 0 bridgehead atoms. The Bertz CT molecular complexity index is 1090. The van der Waals surface area contributed by atoms with Gasteiger partial charge in [-0.05, 0) is 37.1 Å². The summed E-state index contributed by atoms with van der Waals surface area (Å²) in [5, 5.41) is 7.75. The van der Waals surface area contributed by atoms with Crippen LogP contribution in [0.3, 0.4) is 0 Å². The topological polar surface area (TPSA) is 96.7 Å². The molecule has 0 spiro atoms. The fourth-order valence-corrected chi connectivity index (χ4v) is 4.56. The lowest BCUT2D eigenvalue weighted by atomic mass is 10.1. The van der Waals surface area contributed by atoms with Crippen LogP contribution in [0.25, 0.3) is 11.3 Å². The second kappa shape index (κ2) is 11.6. The van der Waals surface area contributed by atoms with Gasteiger partial charge in [0.15, 0.2) is 4.80 Å². The molecule has 0 unspecified atom stereocenters. The van der Waals surface area contributed by atoms with E-state index in [1.807, 2.05) is 6.92 Å². The standard InChI is InChI=1S/C23H29N7O2S/c1-2-24-22(31)27-11-4-12-30-20(17-33-23(30)28-21-25-9-3-10-26-21)18-5-7-19(8-6-18)29-13-15-32-16-14-29/h3,5-10,17H,2,4,11-16H2,1H3,(H2,24,27,31). The summed E-state index contributed by atoms with van der Waals surface area (Å²) in [6, 6.07) is 10.3. The molecule has 1 fully saturated rings. The lowest BCUT2D eigenvalue weighted by Crippen LogP contribution is -2.36. The number of amides is 2. The lowest BCUT2D eigenvalue weighted by Gasteiger charge is -2.28. The summed E-state index contributed by atoms with van der Waals surface area (Å²) < 4.78 is 7.63. The van der Waals surface area contributed by atoms with Gasteiger partial charge in [-0.15, -0.1) is 11.3 Å². The average Bonchev–Trinajstić information content (AvgIpc) is 3.25. The highest BCUT2D eigenvalue weighted by atomic mass is 32.1. The first kappa shape index (κ1) is 22.9. The molecular formula is C23H29N7O2S. The van der Waals surface area contributed by atoms with Crippen LogP contribution in [-0.2, 0) is 11.3 Å². The molecule has 2 amide bonds. The van der Waals surface area contributed by atoms with Crippen molar-refractivity contribution in [3.63, 3.8) is 0 Å². The van der Waals surface area contributed by atoms with Crippen LogP contribution in [0, 0.1) is 0 Å². The number of benzene rings is 1. The van der Waals surface area contributed by atoms with E-state index in [1.165, 1.54) is 5.69 Å². The van der Waals surface area contributed by atoms with E-state index in [4.69, 9.17) is 4.74 Å². The molecular weight excluding hydrogens is 438 g/mol. The number of morpholine rings is 1. The second-order valence-electron chi connectivity index (χ2n) is 7.50. The predicted octanol–water partition coefficient (Wildman–Crippen LogP) is 2.78. The van der Waals surface area contributed by atoms with Gasteiger partial charge >= 0.3 is 6.03 Å². The molecule has 10 heteroatoms. The highest BCUT2D eigenvalue weighted by Gasteiger charge is 2.13. The van der Waals surface area contributed by atoms with Gasteiger partial charge in [0.25, 0.3) is 5.95 Å². The molecule has 2 aromatic heterocycles. The van der Waals surface area contributed by atoms with Crippen LogP contribution < -0.4 is 20.3 Å². The van der Waals surface area contributed by atoms with Crippen LogP contribution in [0.4, 0.5) is 16.4 Å². The molecule has 3 aromatic rings. The molecule has 9 nitrogen and oxygen atoms in total. The molecule has 1 saturated heterocycles. The van der Waals surface area contributed by atoms with E-state index >= 15 is 0 Å². The summed E-state index contributed by atoms with van der Waals surface area (Å²) in [6.45, 7) is 7.15. The minimum Gasteiger partial charge on any atom is -0.378 e. The van der Waals surface area contributed by atoms with Gasteiger partial charge in [0.1, 0.15) is 0 Å². The maximum Gasteiger partial charge on any atom is 0.314 e. The van der Waals surface area contributed by atoms with Gasteiger partial charge in [0.05, 0.1) is 18.9 Å². The van der Waals surface area contributed by atoms with Crippen LogP contribution in [-0.4, -0.2) is 60.0 Å². The Balaban J connectivity index is 1.56. The first-order valence-electron chi connectivity index (χ1n) is 11.2. The van der Waals surface area contributed by atoms with Crippen molar-refractivity contribution in [1.29, 1.82) is 0 Å². The Kier molecular flexibility index (Phi) is 8.04. The number of nitrogens with zero attached hydrogens (tertiary/aromatic N) is 5. The zero-order chi connectivity index (χ0) is 22.9. The van der Waals surface area contributed by atoms with Crippen LogP contribution in [0.2, 0.25) is 0 Å². The van der Waals surface area contributed by atoms with E-state index in [0.717, 1.165) is 48.8 Å². The molecule has 33 heavy (non-hydrogen) atoms. The van der Waals surface area contributed by atoms with Gasteiger partial charge in [-0.3, -0.25) is 0 Å². The maximum atomic E-state index is 11.7. The number of urea groups is 1. The summed E-state index contributed by atoms with van der Waals surface area (Å²) in [5.74, 6) is 0.433. The fourth-order valence-electron chi connectivity index (χ4n) is 3.63. The molecule has 0 atom stereocenters. The number of hydrogen-bond acceptors (Lipinski definition) is 7. The van der Waals surface area contributed by atoms with Crippen LogP contribution in [0.15, 0.2) is 53.1 Å². The zero-order valence-corrected chi connectivity index (χ0v) is 19.6. The minimum atomic E-state index is -0.144. The smallest absolute Gasteiger partial charge is 0.314 e. The number of nitrogens with one attached hydrogen (secondary N) is 2. The SMILES string of the molecule is CCNC(=O)NCCCn1c(-c2ccc(N3CCOCC3)cc2)csc1=Nc1ncccn1. The summed E-state index contributed by atoms with van der Waals surface area (Å²) in [7, 11) is 0. The van der Waals surface area contributed by atoms with Crippen molar-refractivity contribution in [3.8, 4) is 11.3 Å². The minimum absolute atomic E-state index is 0.144. The van der Waals surface area contributed by atoms with E-state index in [9.17, 15) is 4.79 Å². The van der Waals surface area contributed by atoms with Gasteiger partial charge in [0, 0.05) is 56.2 Å². The normalized spacial score (nSPS) is 14.3. The molecule has 2 N–H and O–H groups in total. The summed E-state index contributed by atoms with van der Waals surface area (Å²) in [4.78, 5) is 28.0. The number of anilines is 1. The quantitative estimate of drug-likeness (QED) is 0.497. The Morgan fingerprint density at radius 2 is 1.91 bits per heavy atom. The summed E-state index contributed by atoms with van der Waals surface area (Å²) in [6.07, 6.45) is 4.15. The number of aromatic nitrogens is 3. The summed E-state index contributed by atoms with van der Waals surface area (Å²) >= 11 is 1.56. The molecule has 0 radical (unpaired) electrons. The van der Waals surface area contributed by atoms with Gasteiger partial charge in [-0.1, -0.05) is 12.1 Å². The van der Waals surface area contributed by atoms with Crippen molar-refractivity contribution >= 4 is 29.0 Å². The van der Waals surface area contributed by atoms with Crippen molar-refractivity contribution in [1.82, 2.24) is 25.2 Å². The molecule has 1 aliphatic rings. The van der Waals surface area contributed by atoms with Crippen molar-refractivity contribution in [2.45, 2.75) is 19.9 Å². The third-order valence-electron chi connectivity index (χ3n) is 5.27. The number of ether oxygens (including phenoxy) is 1. The number of carbonyl (C=O) groups excluding carboxylic acids is 1. The number of rotatable bonds is 8. The van der Waals surface area contributed by atoms with Gasteiger partial charge in [0.2, 0.25) is 0 Å². The van der Waals surface area contributed by atoms with Crippen molar-refractivity contribution in [2.24, 2.45) is 4.99 Å². The average molecular weight is 468 g/mol. The van der Waals surface area contributed by atoms with Gasteiger partial charge < -0.3 is 24.8 Å². The molecule has 0 aliphatic carbocycles. The highest BCUT2D eigenvalue weighted by Crippen LogP contribution is 2.25. The molecule has 0 saturated carbocycles. The van der Waals surface area contributed by atoms with Gasteiger partial charge in [-0.2, -0.15) is 4.99 Å². The number of hydrogen-bond donors (Lipinski definition) is 2. The van der Waals surface area contributed by atoms with Crippen molar-refractivity contribution in [2.75, 3.05) is 44.3 Å². The molecule has 174 valence electrons. The predicted molar refractivity (Wildman–Crippen MR) is 130 cm³/mol. The molecule has 1 aliphatic heterocycles. The Labute approximate surface area is 197 Å². The number of thiazole rings is 1. The van der Waals surface area contributed by atoms with E-state index in [0.29, 0.717) is 25.6 Å². The van der Waals surface area contributed by atoms with Crippen molar-refractivity contribution < 1.29 is 9.53 Å². The van der Waals surface area contributed by atoms with E-state index in [-0.39, 0.29) is 6.03 Å². The maximum absolute atomic E-state index is 11.7. The van der Waals surface area contributed by atoms with Crippen LogP contribution in [0.1, 0.15) is 13.3 Å². The van der Waals surface area contributed by atoms with Crippen molar-refractivity contribution in [3.05, 3.63) is 52.9 Å². The molecule has 1 aromatic carbocycles. The Morgan fingerprint density at radius 3 is 2.64 bits per heavy atom. The van der Waals surface area contributed by atoms with Crippen LogP contribution in [0.5, 0.6) is 0 Å². The fraction of sp³-hybridized carbons (Fsp3) is 0.391. The monoisotopic (exact) mass is 467 g/mol. The van der Waals surface area contributed by atoms with Gasteiger partial charge in [-0.25, -0.2) is 14.8 Å². The summed E-state index contributed by atoms with van der Waals surface area (Å²) in [5.41, 5.74) is 3.41. The largest absolute Gasteiger partial charge is 0.378 e. The number of carbonyl (C=O) groups is 1. The first-order valence-corrected chi connectivity index (χ1v) is 12.1.